The summed E-state index contributed by atoms with van der Waals surface area (Å²) in [6.45, 7) is 0.649. The molecule has 4 rings (SSSR count). The van der Waals surface area contributed by atoms with E-state index in [1.165, 1.54) is 29.2 Å². The van der Waals surface area contributed by atoms with Crippen LogP contribution in [-0.4, -0.2) is 46.0 Å². The summed E-state index contributed by atoms with van der Waals surface area (Å²) in [7, 11) is 0. The molecule has 4 amide bonds. The third-order valence-electron chi connectivity index (χ3n) is 5.91. The Morgan fingerprint density at radius 2 is 1.94 bits per heavy atom. The van der Waals surface area contributed by atoms with Crippen molar-refractivity contribution in [3.63, 3.8) is 0 Å². The van der Waals surface area contributed by atoms with Gasteiger partial charge in [-0.2, -0.15) is 0 Å². The van der Waals surface area contributed by atoms with Gasteiger partial charge in [0.15, 0.2) is 0 Å². The lowest BCUT2D eigenvalue weighted by molar-refractivity contribution is -0.384. The number of amides is 4. The Morgan fingerprint density at radius 1 is 1.17 bits per heavy atom. The van der Waals surface area contributed by atoms with E-state index >= 15 is 0 Å². The third-order valence-corrected chi connectivity index (χ3v) is 5.91. The molecule has 0 spiro atoms. The lowest BCUT2D eigenvalue weighted by atomic mass is 10.0. The van der Waals surface area contributed by atoms with Gasteiger partial charge in [0, 0.05) is 54.8 Å². The van der Waals surface area contributed by atoms with Gasteiger partial charge in [0.05, 0.1) is 4.92 Å². The van der Waals surface area contributed by atoms with E-state index in [2.05, 4.69) is 22.5 Å². The summed E-state index contributed by atoms with van der Waals surface area (Å²) >= 11 is 0. The molecule has 2 aliphatic heterocycles. The van der Waals surface area contributed by atoms with E-state index in [1.54, 1.807) is 12.1 Å². The van der Waals surface area contributed by atoms with Crippen molar-refractivity contribution in [3.8, 4) is 11.8 Å². The summed E-state index contributed by atoms with van der Waals surface area (Å²) in [6, 6.07) is 9.99. The number of non-ortho nitro benzene ring substituents is 1. The van der Waals surface area contributed by atoms with E-state index in [0.29, 0.717) is 42.5 Å². The number of unbranched alkanes of at least 4 members (excludes halogenated alkanes) is 1. The van der Waals surface area contributed by atoms with Crippen LogP contribution in [0.25, 0.3) is 0 Å². The minimum atomic E-state index is -0.673. The summed E-state index contributed by atoms with van der Waals surface area (Å²) in [5.74, 6) is 4.80. The fraction of sp³-hybridized carbons (Fsp3) is 0.280. The number of nitro groups is 1. The molecule has 2 heterocycles. The highest BCUT2D eigenvalue weighted by Gasteiger charge is 2.39. The molecule has 1 atom stereocenters. The highest BCUT2D eigenvalue weighted by Crippen LogP contribution is 2.29. The van der Waals surface area contributed by atoms with Crippen LogP contribution in [-0.2, 0) is 16.1 Å². The zero-order chi connectivity index (χ0) is 24.9. The van der Waals surface area contributed by atoms with Crippen LogP contribution in [0.5, 0.6) is 0 Å². The fourth-order valence-corrected chi connectivity index (χ4v) is 4.08. The third kappa shape index (κ3) is 5.19. The Morgan fingerprint density at radius 3 is 2.66 bits per heavy atom. The largest absolute Gasteiger partial charge is 0.352 e. The summed E-state index contributed by atoms with van der Waals surface area (Å²) in [6.07, 6.45) is 1.61. The van der Waals surface area contributed by atoms with Crippen molar-refractivity contribution in [2.24, 2.45) is 0 Å². The molecular weight excluding hydrogens is 452 g/mol. The van der Waals surface area contributed by atoms with Crippen LogP contribution in [0, 0.1) is 22.0 Å². The van der Waals surface area contributed by atoms with Gasteiger partial charge in [0.25, 0.3) is 17.5 Å². The van der Waals surface area contributed by atoms with E-state index < -0.39 is 16.9 Å². The maximum absolute atomic E-state index is 12.9. The number of carbonyl (C=O) groups is 4. The van der Waals surface area contributed by atoms with Crippen molar-refractivity contribution in [3.05, 3.63) is 74.8 Å². The second-order valence-electron chi connectivity index (χ2n) is 8.20. The monoisotopic (exact) mass is 474 g/mol. The summed E-state index contributed by atoms with van der Waals surface area (Å²) in [5, 5.41) is 15.7. The number of carbonyl (C=O) groups excluding carboxylic acids is 4. The first kappa shape index (κ1) is 23.6. The zero-order valence-corrected chi connectivity index (χ0v) is 18.7. The highest BCUT2D eigenvalue weighted by molar-refractivity contribution is 6.05. The number of nitrogens with one attached hydrogen (secondary N) is 2. The minimum Gasteiger partial charge on any atom is -0.352 e. The Hall–Kier alpha value is -4.52. The number of nitro benzene ring substituents is 1. The maximum Gasteiger partial charge on any atom is 0.269 e. The summed E-state index contributed by atoms with van der Waals surface area (Å²) in [4.78, 5) is 60.3. The van der Waals surface area contributed by atoms with Crippen molar-refractivity contribution < 1.29 is 24.1 Å². The first-order chi connectivity index (χ1) is 16.8. The summed E-state index contributed by atoms with van der Waals surface area (Å²) in [5.41, 5.74) is 2.25. The molecule has 0 bridgehead atoms. The van der Waals surface area contributed by atoms with Gasteiger partial charge in [0.2, 0.25) is 11.8 Å². The van der Waals surface area contributed by atoms with E-state index in [1.807, 2.05) is 6.07 Å². The molecule has 0 aromatic heterocycles. The molecule has 1 saturated heterocycles. The van der Waals surface area contributed by atoms with Crippen LogP contribution in [0.2, 0.25) is 0 Å². The van der Waals surface area contributed by atoms with Crippen molar-refractivity contribution in [1.82, 2.24) is 15.5 Å². The number of hydrogen-bond donors (Lipinski definition) is 2. The van der Waals surface area contributed by atoms with Crippen LogP contribution < -0.4 is 10.6 Å². The maximum atomic E-state index is 12.9. The molecule has 2 aromatic carbocycles. The SMILES string of the molecule is O=C1CCC(N2Cc3c(C#CCCCNC(=O)c4ccc([N+](=O)[O-])cc4)cccc3C2=O)C(=O)N1. The number of piperidine rings is 1. The summed E-state index contributed by atoms with van der Waals surface area (Å²) < 4.78 is 0. The van der Waals surface area contributed by atoms with Gasteiger partial charge in [-0.3, -0.25) is 34.6 Å². The van der Waals surface area contributed by atoms with Gasteiger partial charge in [-0.15, -0.1) is 0 Å². The van der Waals surface area contributed by atoms with Gasteiger partial charge < -0.3 is 10.2 Å². The van der Waals surface area contributed by atoms with E-state index in [-0.39, 0.29) is 36.4 Å². The molecule has 0 radical (unpaired) electrons. The Labute approximate surface area is 200 Å². The Kier molecular flexibility index (Phi) is 6.87. The Balaban J connectivity index is 1.31. The first-order valence-corrected chi connectivity index (χ1v) is 11.1. The van der Waals surface area contributed by atoms with Gasteiger partial charge in [-0.1, -0.05) is 17.9 Å². The predicted molar refractivity (Wildman–Crippen MR) is 124 cm³/mol. The molecule has 10 nitrogen and oxygen atoms in total. The number of nitrogens with zero attached hydrogens (tertiary/aromatic N) is 2. The smallest absolute Gasteiger partial charge is 0.269 e. The van der Waals surface area contributed by atoms with Crippen molar-refractivity contribution in [1.29, 1.82) is 0 Å². The zero-order valence-electron chi connectivity index (χ0n) is 18.7. The number of rotatable bonds is 6. The van der Waals surface area contributed by atoms with Crippen LogP contribution in [0.1, 0.15) is 57.5 Å². The second kappa shape index (κ2) is 10.2. The van der Waals surface area contributed by atoms with E-state index in [0.717, 1.165) is 5.56 Å². The number of hydrogen-bond acceptors (Lipinski definition) is 6. The average Bonchev–Trinajstić information content (AvgIpc) is 3.18. The molecule has 0 saturated carbocycles. The first-order valence-electron chi connectivity index (χ1n) is 11.1. The van der Waals surface area contributed by atoms with Crippen molar-refractivity contribution >= 4 is 29.3 Å². The number of imide groups is 1. The van der Waals surface area contributed by atoms with Gasteiger partial charge >= 0.3 is 0 Å². The second-order valence-corrected chi connectivity index (χ2v) is 8.20. The number of benzene rings is 2. The van der Waals surface area contributed by atoms with Crippen LogP contribution in [0.4, 0.5) is 5.69 Å². The van der Waals surface area contributed by atoms with Crippen molar-refractivity contribution in [2.45, 2.75) is 38.3 Å². The molecule has 10 heteroatoms. The van der Waals surface area contributed by atoms with E-state index in [9.17, 15) is 29.3 Å². The topological polar surface area (TPSA) is 139 Å². The quantitative estimate of drug-likeness (QED) is 0.216. The minimum absolute atomic E-state index is 0.0776. The standard InChI is InChI=1S/C25H22N4O6/c30-22-13-12-21(24(32)27-22)28-15-20-16(6-4-7-19(20)25(28)33)5-2-1-3-14-26-23(31)17-8-10-18(11-9-17)29(34)35/h4,6-11,21H,1,3,12-15H2,(H,26,31)(H,27,30,32). The van der Waals surface area contributed by atoms with Crippen LogP contribution >= 0.6 is 0 Å². The van der Waals surface area contributed by atoms with Gasteiger partial charge in [-0.25, -0.2) is 0 Å². The average molecular weight is 474 g/mol. The van der Waals surface area contributed by atoms with E-state index in [4.69, 9.17) is 0 Å². The molecule has 2 aliphatic rings. The molecule has 2 N–H and O–H groups in total. The number of fused-ring (bicyclic) bond motifs is 1. The highest BCUT2D eigenvalue weighted by atomic mass is 16.6. The lowest BCUT2D eigenvalue weighted by Crippen LogP contribution is -2.52. The molecule has 2 aromatic rings. The molecule has 0 aliphatic carbocycles. The molecule has 1 fully saturated rings. The Bertz CT molecular complexity index is 1280. The molecule has 1 unspecified atom stereocenters. The predicted octanol–water partition coefficient (Wildman–Crippen LogP) is 1.92. The van der Waals surface area contributed by atoms with Gasteiger partial charge in [0.1, 0.15) is 6.04 Å². The van der Waals surface area contributed by atoms with Crippen LogP contribution in [0.15, 0.2) is 42.5 Å². The fourth-order valence-electron chi connectivity index (χ4n) is 4.08. The van der Waals surface area contributed by atoms with Crippen molar-refractivity contribution in [2.75, 3.05) is 6.54 Å². The normalized spacial score (nSPS) is 16.7. The molecule has 35 heavy (non-hydrogen) atoms. The molecule has 178 valence electrons. The van der Waals surface area contributed by atoms with Crippen LogP contribution in [0.3, 0.4) is 0 Å². The molecular formula is C25H22N4O6. The lowest BCUT2D eigenvalue weighted by Gasteiger charge is -2.29. The van der Waals surface area contributed by atoms with Gasteiger partial charge in [-0.05, 0) is 42.7 Å².